The van der Waals surface area contributed by atoms with E-state index in [1.807, 2.05) is 25.1 Å². The van der Waals surface area contributed by atoms with Crippen molar-refractivity contribution in [1.29, 1.82) is 0 Å². The number of rotatable bonds is 9. The zero-order valence-corrected chi connectivity index (χ0v) is 22.3. The van der Waals surface area contributed by atoms with Crippen molar-refractivity contribution in [3.05, 3.63) is 88.3 Å². The van der Waals surface area contributed by atoms with Crippen molar-refractivity contribution in [3.63, 3.8) is 0 Å². The molecular formula is C29H29ClFN5O3. The van der Waals surface area contributed by atoms with Crippen molar-refractivity contribution in [2.24, 2.45) is 5.92 Å². The first-order chi connectivity index (χ1) is 19.0. The van der Waals surface area contributed by atoms with Crippen LogP contribution in [0.15, 0.2) is 54.7 Å². The summed E-state index contributed by atoms with van der Waals surface area (Å²) >= 11 is 6.52. The molecule has 1 saturated heterocycles. The quantitative estimate of drug-likeness (QED) is 0.265. The van der Waals surface area contributed by atoms with E-state index in [0.717, 1.165) is 42.9 Å². The van der Waals surface area contributed by atoms with Gasteiger partial charge >= 0.3 is 0 Å². The van der Waals surface area contributed by atoms with Crippen LogP contribution >= 0.6 is 11.6 Å². The standard InChI is InChI=1S/C29H29ClFN5O3/c1-18-8-9-21(39-12-10-19-5-4-11-38-17-19)14-22(18)23-15-26(32-16-24(23)30)34-29(37)28-33-27(35-36-28)13-20-6-2-3-7-25(20)31/h2-3,6-9,14-16,19H,4-5,10-13,17H2,1H3,(H,32,34,37)(H,33,35,36). The van der Waals surface area contributed by atoms with E-state index in [2.05, 4.69) is 25.5 Å². The highest BCUT2D eigenvalue weighted by Gasteiger charge is 2.17. The maximum Gasteiger partial charge on any atom is 0.296 e. The van der Waals surface area contributed by atoms with Crippen molar-refractivity contribution in [2.45, 2.75) is 32.6 Å². The molecule has 3 heterocycles. The van der Waals surface area contributed by atoms with Gasteiger partial charge in [0.25, 0.3) is 5.91 Å². The number of benzene rings is 2. The van der Waals surface area contributed by atoms with Gasteiger partial charge in [-0.2, -0.15) is 0 Å². The Labute approximate surface area is 230 Å². The highest BCUT2D eigenvalue weighted by molar-refractivity contribution is 6.33. The van der Waals surface area contributed by atoms with Gasteiger partial charge in [-0.3, -0.25) is 9.89 Å². The number of aromatic amines is 1. The molecule has 1 aliphatic heterocycles. The molecule has 0 radical (unpaired) electrons. The third-order valence-electron chi connectivity index (χ3n) is 6.70. The fourth-order valence-corrected chi connectivity index (χ4v) is 4.75. The number of hydrogen-bond donors (Lipinski definition) is 2. The molecule has 202 valence electrons. The minimum Gasteiger partial charge on any atom is -0.494 e. The van der Waals surface area contributed by atoms with Crippen molar-refractivity contribution in [1.82, 2.24) is 20.2 Å². The summed E-state index contributed by atoms with van der Waals surface area (Å²) in [5.41, 5.74) is 3.04. The third-order valence-corrected chi connectivity index (χ3v) is 7.00. The highest BCUT2D eigenvalue weighted by atomic mass is 35.5. The Morgan fingerprint density at radius 1 is 1.23 bits per heavy atom. The van der Waals surface area contributed by atoms with E-state index >= 15 is 0 Å². The number of ether oxygens (including phenoxy) is 2. The Morgan fingerprint density at radius 3 is 2.92 bits per heavy atom. The van der Waals surface area contributed by atoms with E-state index in [4.69, 9.17) is 21.1 Å². The summed E-state index contributed by atoms with van der Waals surface area (Å²) < 4.78 is 25.6. The number of aryl methyl sites for hydroxylation is 1. The molecule has 0 spiro atoms. The SMILES string of the molecule is Cc1ccc(OCCC2CCCOC2)cc1-c1cc(NC(=O)c2n[nH]c(Cc3ccccc3F)n2)ncc1Cl. The second-order valence-electron chi connectivity index (χ2n) is 9.57. The first-order valence-corrected chi connectivity index (χ1v) is 13.3. The van der Waals surface area contributed by atoms with Crippen LogP contribution in [0.25, 0.3) is 11.1 Å². The number of aromatic nitrogens is 4. The molecule has 39 heavy (non-hydrogen) atoms. The number of nitrogens with zero attached hydrogens (tertiary/aromatic N) is 3. The van der Waals surface area contributed by atoms with Crippen molar-refractivity contribution in [2.75, 3.05) is 25.1 Å². The Bertz CT molecular complexity index is 1450. The Morgan fingerprint density at radius 2 is 2.10 bits per heavy atom. The summed E-state index contributed by atoms with van der Waals surface area (Å²) in [6.45, 7) is 4.24. The zero-order chi connectivity index (χ0) is 27.2. The minimum absolute atomic E-state index is 0.0745. The van der Waals surface area contributed by atoms with Crippen molar-refractivity contribution < 1.29 is 18.7 Å². The molecule has 1 amide bonds. The summed E-state index contributed by atoms with van der Waals surface area (Å²) in [5.74, 6) is 0.975. The maximum absolute atomic E-state index is 14.0. The second-order valence-corrected chi connectivity index (χ2v) is 9.98. The predicted molar refractivity (Wildman–Crippen MR) is 147 cm³/mol. The molecular weight excluding hydrogens is 521 g/mol. The van der Waals surface area contributed by atoms with E-state index in [9.17, 15) is 9.18 Å². The van der Waals surface area contributed by atoms with E-state index in [1.165, 1.54) is 18.7 Å². The van der Waals surface area contributed by atoms with Gasteiger partial charge in [-0.1, -0.05) is 35.9 Å². The van der Waals surface area contributed by atoms with Crippen molar-refractivity contribution in [3.8, 4) is 16.9 Å². The lowest BCUT2D eigenvalue weighted by molar-refractivity contribution is 0.0462. The number of amides is 1. The van der Waals surface area contributed by atoms with Gasteiger partial charge in [0.15, 0.2) is 0 Å². The number of carbonyl (C=O) groups is 1. The molecule has 2 N–H and O–H groups in total. The second kappa shape index (κ2) is 12.4. The summed E-state index contributed by atoms with van der Waals surface area (Å²) in [7, 11) is 0. The molecule has 0 aliphatic carbocycles. The van der Waals surface area contributed by atoms with Crippen LogP contribution in [0.1, 0.15) is 46.8 Å². The van der Waals surface area contributed by atoms with Gasteiger partial charge in [0.2, 0.25) is 5.82 Å². The molecule has 2 aromatic carbocycles. The van der Waals surface area contributed by atoms with Crippen LogP contribution in [0.5, 0.6) is 5.75 Å². The van der Waals surface area contributed by atoms with Gasteiger partial charge in [-0.15, -0.1) is 5.10 Å². The van der Waals surface area contributed by atoms with Crippen LogP contribution in [-0.4, -0.2) is 45.9 Å². The van der Waals surface area contributed by atoms with Gasteiger partial charge in [-0.05, 0) is 73.1 Å². The number of anilines is 1. The molecule has 8 nitrogen and oxygen atoms in total. The van der Waals surface area contributed by atoms with Crippen LogP contribution in [0.4, 0.5) is 10.2 Å². The zero-order valence-electron chi connectivity index (χ0n) is 21.5. The maximum atomic E-state index is 14.0. The minimum atomic E-state index is -0.549. The molecule has 5 rings (SSSR count). The molecule has 1 atom stereocenters. The van der Waals surface area contributed by atoms with Gasteiger partial charge in [-0.25, -0.2) is 14.4 Å². The number of hydrogen-bond acceptors (Lipinski definition) is 6. The molecule has 1 aliphatic rings. The summed E-state index contributed by atoms with van der Waals surface area (Å²) in [6.07, 6.45) is 4.89. The smallest absolute Gasteiger partial charge is 0.296 e. The van der Waals surface area contributed by atoms with Crippen LogP contribution in [0.3, 0.4) is 0 Å². The van der Waals surface area contributed by atoms with Crippen LogP contribution in [-0.2, 0) is 11.2 Å². The highest BCUT2D eigenvalue weighted by Crippen LogP contribution is 2.34. The largest absolute Gasteiger partial charge is 0.494 e. The summed E-state index contributed by atoms with van der Waals surface area (Å²) in [4.78, 5) is 21.3. The predicted octanol–water partition coefficient (Wildman–Crippen LogP) is 6.01. The number of carbonyl (C=O) groups excluding carboxylic acids is 1. The van der Waals surface area contributed by atoms with Crippen LogP contribution < -0.4 is 10.1 Å². The normalized spacial score (nSPS) is 15.2. The number of H-pyrrole nitrogens is 1. The summed E-state index contributed by atoms with van der Waals surface area (Å²) in [6, 6.07) is 14.0. The van der Waals surface area contributed by atoms with Gasteiger partial charge in [0, 0.05) is 31.4 Å². The fourth-order valence-electron chi connectivity index (χ4n) is 4.54. The Hall–Kier alpha value is -3.82. The average molecular weight is 550 g/mol. The monoisotopic (exact) mass is 549 g/mol. The Kier molecular flexibility index (Phi) is 8.48. The average Bonchev–Trinajstić information content (AvgIpc) is 3.41. The Balaban J connectivity index is 1.26. The van der Waals surface area contributed by atoms with E-state index < -0.39 is 5.91 Å². The van der Waals surface area contributed by atoms with Crippen LogP contribution in [0, 0.1) is 18.7 Å². The van der Waals surface area contributed by atoms with Gasteiger partial charge < -0.3 is 14.8 Å². The molecule has 0 bridgehead atoms. The van der Waals surface area contributed by atoms with E-state index in [-0.39, 0.29) is 18.1 Å². The van der Waals surface area contributed by atoms with Gasteiger partial charge in [0.05, 0.1) is 11.6 Å². The van der Waals surface area contributed by atoms with Gasteiger partial charge in [0.1, 0.15) is 23.2 Å². The topological polar surface area (TPSA) is 102 Å². The molecule has 4 aromatic rings. The molecule has 1 unspecified atom stereocenters. The summed E-state index contributed by atoms with van der Waals surface area (Å²) in [5, 5.41) is 9.83. The number of halogens is 2. The lowest BCUT2D eigenvalue weighted by Gasteiger charge is -2.22. The van der Waals surface area contributed by atoms with E-state index in [0.29, 0.717) is 40.3 Å². The first-order valence-electron chi connectivity index (χ1n) is 12.9. The fraction of sp³-hybridized carbons (Fsp3) is 0.310. The first kappa shape index (κ1) is 26.8. The number of nitrogens with one attached hydrogen (secondary N) is 2. The lowest BCUT2D eigenvalue weighted by Crippen LogP contribution is -2.19. The van der Waals surface area contributed by atoms with E-state index in [1.54, 1.807) is 24.3 Å². The molecule has 2 aromatic heterocycles. The lowest BCUT2D eigenvalue weighted by atomic mass is 9.99. The molecule has 1 fully saturated rings. The number of pyridine rings is 1. The van der Waals surface area contributed by atoms with Crippen LogP contribution in [0.2, 0.25) is 5.02 Å². The molecule has 0 saturated carbocycles. The molecule has 10 heteroatoms. The van der Waals surface area contributed by atoms with Crippen molar-refractivity contribution >= 4 is 23.3 Å². The third kappa shape index (κ3) is 6.79.